The Morgan fingerprint density at radius 2 is 1.59 bits per heavy atom. The van der Waals surface area contributed by atoms with Crippen LogP contribution in [0.3, 0.4) is 0 Å². The van der Waals surface area contributed by atoms with Gasteiger partial charge in [0.1, 0.15) is 5.75 Å². The Hall–Kier alpha value is -2.33. The minimum Gasteiger partial charge on any atom is -0.484 e. The first-order valence-corrected chi connectivity index (χ1v) is 7.47. The lowest BCUT2D eigenvalue weighted by Gasteiger charge is -2.26. The third-order valence-electron chi connectivity index (χ3n) is 3.69. The molecule has 2 aromatic rings. The topological polar surface area (TPSA) is 38.8 Å². The van der Waals surface area contributed by atoms with E-state index < -0.39 is 0 Å². The van der Waals surface area contributed by atoms with Gasteiger partial charge in [0.05, 0.1) is 13.2 Å². The molecule has 0 spiro atoms. The van der Waals surface area contributed by atoms with Crippen molar-refractivity contribution in [1.82, 2.24) is 4.90 Å². The molecule has 1 aliphatic heterocycles. The van der Waals surface area contributed by atoms with E-state index in [4.69, 9.17) is 9.47 Å². The summed E-state index contributed by atoms with van der Waals surface area (Å²) in [6, 6.07) is 18.0. The summed E-state index contributed by atoms with van der Waals surface area (Å²) >= 11 is 0. The van der Waals surface area contributed by atoms with Gasteiger partial charge in [0.25, 0.3) is 5.91 Å². The highest BCUT2D eigenvalue weighted by Crippen LogP contribution is 2.22. The average molecular weight is 297 g/mol. The van der Waals surface area contributed by atoms with Crippen molar-refractivity contribution in [1.29, 1.82) is 0 Å². The van der Waals surface area contributed by atoms with Crippen LogP contribution in [0.2, 0.25) is 0 Å². The van der Waals surface area contributed by atoms with Crippen molar-refractivity contribution in [2.45, 2.75) is 0 Å². The summed E-state index contributed by atoms with van der Waals surface area (Å²) in [7, 11) is 0. The van der Waals surface area contributed by atoms with Crippen LogP contribution in [0.4, 0.5) is 0 Å². The maximum absolute atomic E-state index is 12.0. The molecular formula is C18H19NO3. The van der Waals surface area contributed by atoms with Crippen LogP contribution < -0.4 is 4.74 Å². The molecule has 0 atom stereocenters. The van der Waals surface area contributed by atoms with E-state index >= 15 is 0 Å². The lowest BCUT2D eigenvalue weighted by atomic mass is 10.1. The maximum atomic E-state index is 12.0. The molecule has 4 heteroatoms. The zero-order valence-electron chi connectivity index (χ0n) is 12.4. The summed E-state index contributed by atoms with van der Waals surface area (Å²) < 4.78 is 10.8. The van der Waals surface area contributed by atoms with Gasteiger partial charge in [-0.15, -0.1) is 0 Å². The first-order valence-electron chi connectivity index (χ1n) is 7.47. The second-order valence-corrected chi connectivity index (χ2v) is 5.17. The van der Waals surface area contributed by atoms with Crippen molar-refractivity contribution in [2.24, 2.45) is 0 Å². The van der Waals surface area contributed by atoms with Gasteiger partial charge >= 0.3 is 0 Å². The van der Waals surface area contributed by atoms with Gasteiger partial charge in [-0.3, -0.25) is 4.79 Å². The molecule has 0 radical (unpaired) electrons. The molecule has 4 nitrogen and oxygen atoms in total. The maximum Gasteiger partial charge on any atom is 0.260 e. The van der Waals surface area contributed by atoms with Crippen LogP contribution in [-0.2, 0) is 9.53 Å². The van der Waals surface area contributed by atoms with E-state index in [0.29, 0.717) is 32.1 Å². The number of amides is 1. The molecule has 114 valence electrons. The Labute approximate surface area is 130 Å². The van der Waals surface area contributed by atoms with Gasteiger partial charge < -0.3 is 14.4 Å². The third kappa shape index (κ3) is 3.65. The van der Waals surface area contributed by atoms with Crippen LogP contribution in [0.1, 0.15) is 0 Å². The Morgan fingerprint density at radius 1 is 0.955 bits per heavy atom. The van der Waals surface area contributed by atoms with Gasteiger partial charge in [-0.25, -0.2) is 0 Å². The largest absolute Gasteiger partial charge is 0.484 e. The fourth-order valence-corrected chi connectivity index (χ4v) is 2.42. The minimum absolute atomic E-state index is 0.00966. The number of hydrogen-bond acceptors (Lipinski definition) is 3. The van der Waals surface area contributed by atoms with Crippen LogP contribution >= 0.6 is 0 Å². The zero-order chi connectivity index (χ0) is 15.2. The molecule has 0 bridgehead atoms. The molecule has 2 aromatic carbocycles. The lowest BCUT2D eigenvalue weighted by Crippen LogP contribution is -2.42. The Kier molecular flexibility index (Phi) is 4.71. The Bertz CT molecular complexity index is 604. The number of nitrogens with zero attached hydrogens (tertiary/aromatic N) is 1. The highest BCUT2D eigenvalue weighted by Gasteiger charge is 2.16. The van der Waals surface area contributed by atoms with Gasteiger partial charge in [0.2, 0.25) is 0 Å². The highest BCUT2D eigenvalue weighted by atomic mass is 16.5. The molecule has 0 N–H and O–H groups in total. The molecule has 0 aliphatic carbocycles. The van der Waals surface area contributed by atoms with E-state index in [-0.39, 0.29) is 12.5 Å². The smallest absolute Gasteiger partial charge is 0.260 e. The number of benzene rings is 2. The average Bonchev–Trinajstić information content (AvgIpc) is 2.61. The van der Waals surface area contributed by atoms with Crippen molar-refractivity contribution in [2.75, 3.05) is 32.9 Å². The van der Waals surface area contributed by atoms with E-state index in [1.165, 1.54) is 5.56 Å². The van der Waals surface area contributed by atoms with Crippen molar-refractivity contribution in [3.63, 3.8) is 0 Å². The van der Waals surface area contributed by atoms with Crippen molar-refractivity contribution >= 4 is 5.91 Å². The first kappa shape index (κ1) is 14.6. The fraction of sp³-hybridized carbons (Fsp3) is 0.278. The van der Waals surface area contributed by atoms with Gasteiger partial charge in [0.15, 0.2) is 6.61 Å². The molecule has 1 aliphatic rings. The molecule has 3 rings (SSSR count). The number of morpholine rings is 1. The summed E-state index contributed by atoms with van der Waals surface area (Å²) in [6.45, 7) is 2.59. The number of rotatable bonds is 4. The predicted octanol–water partition coefficient (Wildman–Crippen LogP) is 2.59. The molecule has 22 heavy (non-hydrogen) atoms. The van der Waals surface area contributed by atoms with Crippen LogP contribution in [0, 0.1) is 0 Å². The van der Waals surface area contributed by atoms with E-state index in [9.17, 15) is 4.79 Å². The predicted molar refractivity (Wildman–Crippen MR) is 84.8 cm³/mol. The van der Waals surface area contributed by atoms with E-state index in [1.807, 2.05) is 42.5 Å². The summed E-state index contributed by atoms with van der Waals surface area (Å²) in [5.41, 5.74) is 2.30. The van der Waals surface area contributed by atoms with Gasteiger partial charge in [0, 0.05) is 13.1 Å². The standard InChI is InChI=1S/C18H19NO3/c20-18(19-10-12-21-13-11-19)14-22-17-8-6-16(7-9-17)15-4-2-1-3-5-15/h1-9H,10-14H2. The summed E-state index contributed by atoms with van der Waals surface area (Å²) in [5.74, 6) is 0.719. The number of carbonyl (C=O) groups excluding carboxylic acids is 1. The SMILES string of the molecule is O=C(COc1ccc(-c2ccccc2)cc1)N1CCOCC1. The van der Waals surface area contributed by atoms with Crippen LogP contribution in [0.5, 0.6) is 5.75 Å². The number of carbonyl (C=O) groups is 1. The quantitative estimate of drug-likeness (QED) is 0.870. The molecular weight excluding hydrogens is 278 g/mol. The second-order valence-electron chi connectivity index (χ2n) is 5.17. The van der Waals surface area contributed by atoms with Gasteiger partial charge in [-0.05, 0) is 23.3 Å². The minimum atomic E-state index is 0.00966. The summed E-state index contributed by atoms with van der Waals surface area (Å²) in [5, 5.41) is 0. The molecule has 0 unspecified atom stereocenters. The fourth-order valence-electron chi connectivity index (χ4n) is 2.42. The first-order chi connectivity index (χ1) is 10.8. The zero-order valence-corrected chi connectivity index (χ0v) is 12.4. The lowest BCUT2D eigenvalue weighted by molar-refractivity contribution is -0.137. The number of hydrogen-bond donors (Lipinski definition) is 0. The summed E-state index contributed by atoms with van der Waals surface area (Å²) in [6.07, 6.45) is 0. The molecule has 0 aromatic heterocycles. The molecule has 0 saturated carbocycles. The van der Waals surface area contributed by atoms with Crippen molar-refractivity contribution in [3.05, 3.63) is 54.6 Å². The van der Waals surface area contributed by atoms with E-state index in [2.05, 4.69) is 12.1 Å². The third-order valence-corrected chi connectivity index (χ3v) is 3.69. The molecule has 1 heterocycles. The van der Waals surface area contributed by atoms with Gasteiger partial charge in [-0.1, -0.05) is 42.5 Å². The van der Waals surface area contributed by atoms with E-state index in [1.54, 1.807) is 4.90 Å². The molecule has 1 fully saturated rings. The normalized spacial score (nSPS) is 14.6. The van der Waals surface area contributed by atoms with Crippen LogP contribution in [0.25, 0.3) is 11.1 Å². The summed E-state index contributed by atoms with van der Waals surface area (Å²) in [4.78, 5) is 13.8. The number of ether oxygens (including phenoxy) is 2. The molecule has 1 amide bonds. The Balaban J connectivity index is 1.56. The highest BCUT2D eigenvalue weighted by molar-refractivity contribution is 5.77. The molecule has 1 saturated heterocycles. The van der Waals surface area contributed by atoms with Crippen molar-refractivity contribution < 1.29 is 14.3 Å². The van der Waals surface area contributed by atoms with Crippen LogP contribution in [-0.4, -0.2) is 43.7 Å². The van der Waals surface area contributed by atoms with Crippen molar-refractivity contribution in [3.8, 4) is 16.9 Å². The van der Waals surface area contributed by atoms with E-state index in [0.717, 1.165) is 5.56 Å². The Morgan fingerprint density at radius 3 is 2.27 bits per heavy atom. The van der Waals surface area contributed by atoms with Crippen LogP contribution in [0.15, 0.2) is 54.6 Å². The van der Waals surface area contributed by atoms with Gasteiger partial charge in [-0.2, -0.15) is 0 Å². The second kappa shape index (κ2) is 7.09. The monoisotopic (exact) mass is 297 g/mol.